The Kier molecular flexibility index (Phi) is 5.19. The number of furan rings is 1. The molecule has 0 spiro atoms. The Morgan fingerprint density at radius 1 is 1.04 bits per heavy atom. The first-order valence-electron chi connectivity index (χ1n) is 9.27. The number of pyridine rings is 1. The number of nitrogens with zero attached hydrogens (tertiary/aromatic N) is 3. The third-order valence-corrected chi connectivity index (χ3v) is 4.83. The van der Waals surface area contributed by atoms with Crippen LogP contribution in [0.3, 0.4) is 0 Å². The largest absolute Gasteiger partial charge is 0.467 e. The molecule has 1 atom stereocenters. The molecule has 28 heavy (non-hydrogen) atoms. The molecule has 1 saturated heterocycles. The lowest BCUT2D eigenvalue weighted by Gasteiger charge is -2.14. The molecule has 3 aromatic rings. The van der Waals surface area contributed by atoms with Gasteiger partial charge in [-0.05, 0) is 29.8 Å². The average Bonchev–Trinajstić information content (AvgIpc) is 3.35. The average molecular weight is 375 g/mol. The standard InChI is InChI=1S/C22H21N3O3/c26-21-13-18(15-25(21)16-19-9-6-12-28-19)22(27)23-20-10-4-5-11-24(20)14-17-7-2-1-3-8-17/h1-12,18H,13-16H2. The minimum atomic E-state index is -0.423. The van der Waals surface area contributed by atoms with E-state index in [1.165, 1.54) is 0 Å². The van der Waals surface area contributed by atoms with Crippen LogP contribution in [0.2, 0.25) is 0 Å². The molecule has 1 aliphatic rings. The SMILES string of the molecule is O=C(N=c1ccccn1Cc1ccccc1)C1CC(=O)N(Cc2ccco2)C1. The predicted octanol–water partition coefficient (Wildman–Crippen LogP) is 2.61. The van der Waals surface area contributed by atoms with Gasteiger partial charge in [0.15, 0.2) is 0 Å². The van der Waals surface area contributed by atoms with Gasteiger partial charge >= 0.3 is 0 Å². The van der Waals surface area contributed by atoms with Crippen molar-refractivity contribution in [3.63, 3.8) is 0 Å². The highest BCUT2D eigenvalue weighted by molar-refractivity contribution is 5.89. The van der Waals surface area contributed by atoms with Gasteiger partial charge < -0.3 is 13.9 Å². The van der Waals surface area contributed by atoms with Crippen molar-refractivity contribution in [2.24, 2.45) is 10.9 Å². The van der Waals surface area contributed by atoms with Gasteiger partial charge in [-0.3, -0.25) is 9.59 Å². The van der Waals surface area contributed by atoms with E-state index in [2.05, 4.69) is 4.99 Å². The van der Waals surface area contributed by atoms with Crippen LogP contribution in [0.4, 0.5) is 0 Å². The maximum atomic E-state index is 12.7. The van der Waals surface area contributed by atoms with Crippen molar-refractivity contribution in [2.45, 2.75) is 19.5 Å². The number of amides is 2. The Balaban J connectivity index is 1.50. The highest BCUT2D eigenvalue weighted by Crippen LogP contribution is 2.21. The van der Waals surface area contributed by atoms with Crippen LogP contribution in [0, 0.1) is 5.92 Å². The molecule has 0 bridgehead atoms. The number of rotatable bonds is 5. The minimum absolute atomic E-state index is 0.0461. The summed E-state index contributed by atoms with van der Waals surface area (Å²) in [6.07, 6.45) is 3.67. The quantitative estimate of drug-likeness (QED) is 0.688. The Bertz CT molecular complexity index is 1020. The van der Waals surface area contributed by atoms with Gasteiger partial charge in [-0.2, -0.15) is 4.99 Å². The van der Waals surface area contributed by atoms with E-state index in [9.17, 15) is 9.59 Å². The molecule has 6 nitrogen and oxygen atoms in total. The van der Waals surface area contributed by atoms with E-state index in [-0.39, 0.29) is 18.2 Å². The second kappa shape index (κ2) is 8.08. The summed E-state index contributed by atoms with van der Waals surface area (Å²) >= 11 is 0. The summed E-state index contributed by atoms with van der Waals surface area (Å²) in [6, 6.07) is 19.2. The highest BCUT2D eigenvalue weighted by atomic mass is 16.3. The highest BCUT2D eigenvalue weighted by Gasteiger charge is 2.34. The molecule has 0 radical (unpaired) electrons. The van der Waals surface area contributed by atoms with Gasteiger partial charge in [0, 0.05) is 25.7 Å². The lowest BCUT2D eigenvalue weighted by molar-refractivity contribution is -0.129. The summed E-state index contributed by atoms with van der Waals surface area (Å²) in [4.78, 5) is 31.0. The van der Waals surface area contributed by atoms with Crippen LogP contribution in [0.15, 0.2) is 82.5 Å². The van der Waals surface area contributed by atoms with Crippen molar-refractivity contribution in [1.29, 1.82) is 0 Å². The van der Waals surface area contributed by atoms with Gasteiger partial charge in [-0.15, -0.1) is 0 Å². The lowest BCUT2D eigenvalue weighted by atomic mass is 10.1. The molecule has 1 aromatic carbocycles. The Labute approximate surface area is 162 Å². The smallest absolute Gasteiger partial charge is 0.253 e. The first kappa shape index (κ1) is 18.0. The molecule has 3 heterocycles. The van der Waals surface area contributed by atoms with Gasteiger partial charge in [0.25, 0.3) is 5.91 Å². The number of hydrogen-bond donors (Lipinski definition) is 0. The van der Waals surface area contributed by atoms with Crippen LogP contribution in [0.25, 0.3) is 0 Å². The van der Waals surface area contributed by atoms with Crippen molar-refractivity contribution in [2.75, 3.05) is 6.54 Å². The van der Waals surface area contributed by atoms with E-state index in [4.69, 9.17) is 4.42 Å². The van der Waals surface area contributed by atoms with Crippen LogP contribution in [0.5, 0.6) is 0 Å². The summed E-state index contributed by atoms with van der Waals surface area (Å²) < 4.78 is 7.24. The first-order valence-corrected chi connectivity index (χ1v) is 9.27. The summed E-state index contributed by atoms with van der Waals surface area (Å²) in [5, 5.41) is 0. The zero-order valence-electron chi connectivity index (χ0n) is 15.4. The van der Waals surface area contributed by atoms with Crippen molar-refractivity contribution < 1.29 is 14.0 Å². The topological polar surface area (TPSA) is 67.8 Å². The van der Waals surface area contributed by atoms with E-state index >= 15 is 0 Å². The molecule has 6 heteroatoms. The van der Waals surface area contributed by atoms with Crippen LogP contribution >= 0.6 is 0 Å². The summed E-state index contributed by atoms with van der Waals surface area (Å²) in [7, 11) is 0. The van der Waals surface area contributed by atoms with Crippen molar-refractivity contribution in [3.8, 4) is 0 Å². The van der Waals surface area contributed by atoms with E-state index in [1.54, 1.807) is 17.2 Å². The zero-order valence-corrected chi connectivity index (χ0v) is 15.4. The molecule has 2 amide bonds. The fourth-order valence-electron chi connectivity index (χ4n) is 3.37. The van der Waals surface area contributed by atoms with Crippen LogP contribution < -0.4 is 5.49 Å². The fraction of sp³-hybridized carbons (Fsp3) is 0.227. The van der Waals surface area contributed by atoms with Gasteiger partial charge in [0.1, 0.15) is 11.2 Å². The Morgan fingerprint density at radius 3 is 2.64 bits per heavy atom. The molecule has 1 unspecified atom stereocenters. The molecule has 1 fully saturated rings. The third-order valence-electron chi connectivity index (χ3n) is 4.83. The van der Waals surface area contributed by atoms with Crippen molar-refractivity contribution in [3.05, 3.63) is 89.9 Å². The normalized spacial score (nSPS) is 17.3. The predicted molar refractivity (Wildman–Crippen MR) is 103 cm³/mol. The second-order valence-corrected chi connectivity index (χ2v) is 6.88. The number of aromatic nitrogens is 1. The summed E-state index contributed by atoms with van der Waals surface area (Å²) in [5.74, 6) is -0.0199. The van der Waals surface area contributed by atoms with Crippen LogP contribution in [-0.4, -0.2) is 27.8 Å². The zero-order chi connectivity index (χ0) is 19.3. The monoisotopic (exact) mass is 375 g/mol. The molecule has 0 N–H and O–H groups in total. The van der Waals surface area contributed by atoms with Gasteiger partial charge in [0.2, 0.25) is 5.91 Å². The van der Waals surface area contributed by atoms with Crippen LogP contribution in [0.1, 0.15) is 17.7 Å². The molecule has 0 aliphatic carbocycles. The summed E-state index contributed by atoms with van der Waals surface area (Å²) in [5.41, 5.74) is 1.72. The first-order chi connectivity index (χ1) is 13.7. The van der Waals surface area contributed by atoms with E-state index < -0.39 is 5.92 Å². The van der Waals surface area contributed by atoms with Gasteiger partial charge in [-0.1, -0.05) is 36.4 Å². The maximum Gasteiger partial charge on any atom is 0.253 e. The Hall–Kier alpha value is -3.41. The number of hydrogen-bond acceptors (Lipinski definition) is 3. The molecule has 1 aliphatic heterocycles. The number of benzene rings is 1. The molecule has 4 rings (SSSR count). The molecule has 142 valence electrons. The molecular formula is C22H21N3O3. The molecule has 0 saturated carbocycles. The van der Waals surface area contributed by atoms with Gasteiger partial charge in [0.05, 0.1) is 18.7 Å². The fourth-order valence-corrected chi connectivity index (χ4v) is 3.37. The third kappa shape index (κ3) is 4.11. The minimum Gasteiger partial charge on any atom is -0.467 e. The van der Waals surface area contributed by atoms with Gasteiger partial charge in [-0.25, -0.2) is 0 Å². The van der Waals surface area contributed by atoms with Crippen molar-refractivity contribution in [1.82, 2.24) is 9.47 Å². The van der Waals surface area contributed by atoms with E-state index in [1.807, 2.05) is 65.4 Å². The summed E-state index contributed by atoms with van der Waals surface area (Å²) in [6.45, 7) is 1.38. The molecule has 2 aromatic heterocycles. The molecular weight excluding hydrogens is 354 g/mol. The van der Waals surface area contributed by atoms with Crippen molar-refractivity contribution >= 4 is 11.8 Å². The number of carbonyl (C=O) groups excluding carboxylic acids is 2. The number of carbonyl (C=O) groups is 2. The van der Waals surface area contributed by atoms with Crippen LogP contribution in [-0.2, 0) is 22.7 Å². The Morgan fingerprint density at radius 2 is 1.86 bits per heavy atom. The number of likely N-dealkylation sites (tertiary alicyclic amines) is 1. The van der Waals surface area contributed by atoms with E-state index in [0.29, 0.717) is 30.9 Å². The second-order valence-electron chi connectivity index (χ2n) is 6.88. The van der Waals surface area contributed by atoms with E-state index in [0.717, 1.165) is 5.56 Å². The maximum absolute atomic E-state index is 12.7. The lowest BCUT2D eigenvalue weighted by Crippen LogP contribution is -2.27.